The normalized spacial score (nSPS) is 30.0. The Morgan fingerprint density at radius 3 is 2.94 bits per heavy atom. The second-order valence-electron chi connectivity index (χ2n) is 5.16. The van der Waals surface area contributed by atoms with Crippen LogP contribution in [0.5, 0.6) is 0 Å². The molecule has 0 aromatic carbocycles. The number of aliphatic hydroxyl groups is 1. The van der Waals surface area contributed by atoms with Crippen LogP contribution in [0.3, 0.4) is 0 Å². The average Bonchev–Trinajstić information content (AvgIpc) is 2.24. The summed E-state index contributed by atoms with van der Waals surface area (Å²) in [6.45, 7) is 7.26. The molecule has 3 unspecified atom stereocenters. The van der Waals surface area contributed by atoms with Gasteiger partial charge in [0.15, 0.2) is 0 Å². The van der Waals surface area contributed by atoms with E-state index in [4.69, 9.17) is 4.74 Å². The van der Waals surface area contributed by atoms with E-state index in [0.717, 1.165) is 19.5 Å². The van der Waals surface area contributed by atoms with E-state index in [2.05, 4.69) is 17.6 Å². The minimum Gasteiger partial charge on any atom is -0.387 e. The lowest BCUT2D eigenvalue weighted by Gasteiger charge is -2.38. The van der Waals surface area contributed by atoms with Gasteiger partial charge in [-0.15, -0.1) is 0 Å². The zero-order valence-corrected chi connectivity index (χ0v) is 10.8. The highest BCUT2D eigenvalue weighted by atomic mass is 16.5. The van der Waals surface area contributed by atoms with Crippen LogP contribution in [0.2, 0.25) is 0 Å². The lowest BCUT2D eigenvalue weighted by Crippen LogP contribution is -2.57. The summed E-state index contributed by atoms with van der Waals surface area (Å²) in [7, 11) is 1.68. The van der Waals surface area contributed by atoms with Gasteiger partial charge in [-0.2, -0.15) is 0 Å². The van der Waals surface area contributed by atoms with E-state index in [1.165, 1.54) is 6.42 Å². The Balaban J connectivity index is 2.30. The quantitative estimate of drug-likeness (QED) is 0.577. The third-order valence-corrected chi connectivity index (χ3v) is 3.38. The van der Waals surface area contributed by atoms with E-state index in [0.29, 0.717) is 19.1 Å². The fourth-order valence-corrected chi connectivity index (χ4v) is 2.22. The Hall–Kier alpha value is -0.160. The SMILES string of the molecule is COCCNCC(C)(O)C1CC(C)CCN1. The van der Waals surface area contributed by atoms with Crippen LogP contribution in [-0.2, 0) is 4.74 Å². The number of ether oxygens (including phenoxy) is 1. The highest BCUT2D eigenvalue weighted by molar-refractivity contribution is 4.92. The Morgan fingerprint density at radius 2 is 2.31 bits per heavy atom. The second-order valence-corrected chi connectivity index (χ2v) is 5.16. The molecule has 1 saturated heterocycles. The van der Waals surface area contributed by atoms with Crippen LogP contribution in [0.1, 0.15) is 26.7 Å². The lowest BCUT2D eigenvalue weighted by molar-refractivity contribution is 0.00294. The summed E-state index contributed by atoms with van der Waals surface area (Å²) in [5.41, 5.74) is -0.678. The van der Waals surface area contributed by atoms with Crippen molar-refractivity contribution in [3.63, 3.8) is 0 Å². The fraction of sp³-hybridized carbons (Fsp3) is 1.00. The van der Waals surface area contributed by atoms with E-state index in [9.17, 15) is 5.11 Å². The predicted octanol–water partition coefficient (Wildman–Crippen LogP) is 0.362. The fourth-order valence-electron chi connectivity index (χ4n) is 2.22. The van der Waals surface area contributed by atoms with E-state index >= 15 is 0 Å². The van der Waals surface area contributed by atoms with Gasteiger partial charge in [0, 0.05) is 26.2 Å². The highest BCUT2D eigenvalue weighted by Gasteiger charge is 2.34. The molecule has 1 aliphatic heterocycles. The molecule has 3 N–H and O–H groups in total. The van der Waals surface area contributed by atoms with Crippen molar-refractivity contribution >= 4 is 0 Å². The smallest absolute Gasteiger partial charge is 0.0895 e. The summed E-state index contributed by atoms with van der Waals surface area (Å²) >= 11 is 0. The van der Waals surface area contributed by atoms with Crippen LogP contribution in [0.4, 0.5) is 0 Å². The number of methoxy groups -OCH3 is 1. The van der Waals surface area contributed by atoms with Crippen molar-refractivity contribution in [2.24, 2.45) is 5.92 Å². The van der Waals surface area contributed by atoms with Crippen molar-refractivity contribution in [2.75, 3.05) is 33.4 Å². The van der Waals surface area contributed by atoms with Crippen molar-refractivity contribution < 1.29 is 9.84 Å². The third-order valence-electron chi connectivity index (χ3n) is 3.38. The minimum absolute atomic E-state index is 0.200. The summed E-state index contributed by atoms with van der Waals surface area (Å²) < 4.78 is 4.96. The summed E-state index contributed by atoms with van der Waals surface area (Å²) in [4.78, 5) is 0. The average molecular weight is 230 g/mol. The molecule has 1 heterocycles. The van der Waals surface area contributed by atoms with Crippen molar-refractivity contribution in [3.05, 3.63) is 0 Å². The monoisotopic (exact) mass is 230 g/mol. The topological polar surface area (TPSA) is 53.5 Å². The van der Waals surface area contributed by atoms with Gasteiger partial charge in [-0.05, 0) is 32.2 Å². The lowest BCUT2D eigenvalue weighted by atomic mass is 9.84. The van der Waals surface area contributed by atoms with Crippen molar-refractivity contribution in [3.8, 4) is 0 Å². The molecule has 96 valence electrons. The zero-order chi connectivity index (χ0) is 12.0. The number of rotatable bonds is 6. The van der Waals surface area contributed by atoms with E-state index < -0.39 is 5.60 Å². The Morgan fingerprint density at radius 1 is 1.56 bits per heavy atom. The van der Waals surface area contributed by atoms with Gasteiger partial charge in [0.2, 0.25) is 0 Å². The van der Waals surface area contributed by atoms with Crippen LogP contribution in [0, 0.1) is 5.92 Å². The molecule has 0 aliphatic carbocycles. The zero-order valence-electron chi connectivity index (χ0n) is 10.8. The molecule has 4 nitrogen and oxygen atoms in total. The molecular weight excluding hydrogens is 204 g/mol. The number of hydrogen-bond acceptors (Lipinski definition) is 4. The van der Waals surface area contributed by atoms with Gasteiger partial charge in [0.1, 0.15) is 0 Å². The molecule has 1 aliphatic rings. The molecule has 16 heavy (non-hydrogen) atoms. The molecule has 4 heteroatoms. The van der Waals surface area contributed by atoms with Gasteiger partial charge < -0.3 is 20.5 Å². The Bertz CT molecular complexity index is 197. The van der Waals surface area contributed by atoms with Crippen LogP contribution >= 0.6 is 0 Å². The van der Waals surface area contributed by atoms with Gasteiger partial charge in [-0.1, -0.05) is 6.92 Å². The van der Waals surface area contributed by atoms with Crippen molar-refractivity contribution in [1.29, 1.82) is 0 Å². The van der Waals surface area contributed by atoms with E-state index in [1.807, 2.05) is 6.92 Å². The molecule has 0 spiro atoms. The van der Waals surface area contributed by atoms with E-state index in [-0.39, 0.29) is 6.04 Å². The first kappa shape index (κ1) is 13.9. The molecule has 0 saturated carbocycles. The summed E-state index contributed by atoms with van der Waals surface area (Å²) in [5, 5.41) is 17.0. The molecule has 0 radical (unpaired) electrons. The van der Waals surface area contributed by atoms with Crippen molar-refractivity contribution in [1.82, 2.24) is 10.6 Å². The van der Waals surface area contributed by atoms with Gasteiger partial charge in [0.25, 0.3) is 0 Å². The molecule has 0 aromatic rings. The molecule has 1 rings (SSSR count). The van der Waals surface area contributed by atoms with Crippen LogP contribution in [-0.4, -0.2) is 50.1 Å². The first-order valence-electron chi connectivity index (χ1n) is 6.21. The van der Waals surface area contributed by atoms with Crippen molar-refractivity contribution in [2.45, 2.75) is 38.3 Å². The molecule has 0 amide bonds. The maximum atomic E-state index is 10.4. The largest absolute Gasteiger partial charge is 0.387 e. The number of hydrogen-bond donors (Lipinski definition) is 3. The summed E-state index contributed by atoms with van der Waals surface area (Å²) in [5.74, 6) is 0.705. The first-order chi connectivity index (χ1) is 7.56. The maximum absolute atomic E-state index is 10.4. The molecular formula is C12H26N2O2. The summed E-state index contributed by atoms with van der Waals surface area (Å²) in [6, 6.07) is 0.200. The Kier molecular flexibility index (Phi) is 5.69. The minimum atomic E-state index is -0.678. The maximum Gasteiger partial charge on any atom is 0.0895 e. The van der Waals surface area contributed by atoms with E-state index in [1.54, 1.807) is 7.11 Å². The number of nitrogens with one attached hydrogen (secondary N) is 2. The highest BCUT2D eigenvalue weighted by Crippen LogP contribution is 2.22. The van der Waals surface area contributed by atoms with Gasteiger partial charge in [0.05, 0.1) is 12.2 Å². The standard InChI is InChI=1S/C12H26N2O2/c1-10-4-5-14-11(8-10)12(2,15)9-13-6-7-16-3/h10-11,13-15H,4-9H2,1-3H3. The molecule has 1 fully saturated rings. The molecule has 3 atom stereocenters. The predicted molar refractivity (Wildman–Crippen MR) is 65.6 cm³/mol. The van der Waals surface area contributed by atoms with Gasteiger partial charge in [-0.3, -0.25) is 0 Å². The number of piperidine rings is 1. The summed E-state index contributed by atoms with van der Waals surface area (Å²) in [6.07, 6.45) is 2.27. The Labute approximate surface area is 98.8 Å². The van der Waals surface area contributed by atoms with Crippen LogP contribution in [0.15, 0.2) is 0 Å². The van der Waals surface area contributed by atoms with Gasteiger partial charge in [-0.25, -0.2) is 0 Å². The molecule has 0 aromatic heterocycles. The second kappa shape index (κ2) is 6.55. The first-order valence-corrected chi connectivity index (χ1v) is 6.21. The van der Waals surface area contributed by atoms with Crippen LogP contribution < -0.4 is 10.6 Å². The third kappa shape index (κ3) is 4.37. The van der Waals surface area contributed by atoms with Gasteiger partial charge >= 0.3 is 0 Å². The molecule has 0 bridgehead atoms. The van der Waals surface area contributed by atoms with Crippen LogP contribution in [0.25, 0.3) is 0 Å².